The zero-order chi connectivity index (χ0) is 16.2. The molecule has 1 fully saturated rings. The fourth-order valence-corrected chi connectivity index (χ4v) is 2.95. The third-order valence-corrected chi connectivity index (χ3v) is 4.16. The second kappa shape index (κ2) is 6.81. The van der Waals surface area contributed by atoms with E-state index in [2.05, 4.69) is 4.98 Å². The van der Waals surface area contributed by atoms with E-state index in [-0.39, 0.29) is 23.4 Å². The maximum atomic E-state index is 12.6. The summed E-state index contributed by atoms with van der Waals surface area (Å²) in [5.41, 5.74) is 0.458. The smallest absolute Gasteiger partial charge is 0.292 e. The van der Waals surface area contributed by atoms with Gasteiger partial charge in [-0.05, 0) is 31.9 Å². The molecule has 0 saturated carbocycles. The van der Waals surface area contributed by atoms with Crippen molar-refractivity contribution in [3.63, 3.8) is 0 Å². The summed E-state index contributed by atoms with van der Waals surface area (Å²) < 4.78 is 10.8. The Morgan fingerprint density at radius 3 is 2.83 bits per heavy atom. The number of aromatic nitrogens is 1. The van der Waals surface area contributed by atoms with E-state index in [1.807, 2.05) is 0 Å². The predicted molar refractivity (Wildman–Crippen MR) is 82.5 cm³/mol. The number of ether oxygens (including phenoxy) is 2. The molecule has 3 heterocycles. The van der Waals surface area contributed by atoms with Crippen molar-refractivity contribution >= 4 is 11.7 Å². The molecule has 0 spiro atoms. The Kier molecular flexibility index (Phi) is 4.60. The molecule has 2 aliphatic rings. The van der Waals surface area contributed by atoms with Crippen LogP contribution in [0.15, 0.2) is 35.9 Å². The minimum atomic E-state index is -0.215. The van der Waals surface area contributed by atoms with Crippen LogP contribution in [0.3, 0.4) is 0 Å². The Morgan fingerprint density at radius 2 is 2.09 bits per heavy atom. The summed E-state index contributed by atoms with van der Waals surface area (Å²) in [5.74, 6) is 0.366. The zero-order valence-electron chi connectivity index (χ0n) is 13.2. The molecule has 0 aromatic carbocycles. The summed E-state index contributed by atoms with van der Waals surface area (Å²) in [7, 11) is 0. The van der Waals surface area contributed by atoms with Crippen LogP contribution >= 0.6 is 0 Å². The summed E-state index contributed by atoms with van der Waals surface area (Å²) in [6.45, 7) is 3.60. The Morgan fingerprint density at radius 1 is 1.26 bits per heavy atom. The molecular formula is C17H20N2O4. The van der Waals surface area contributed by atoms with Crippen molar-refractivity contribution in [1.29, 1.82) is 0 Å². The van der Waals surface area contributed by atoms with Gasteiger partial charge < -0.3 is 14.4 Å². The first-order valence-corrected chi connectivity index (χ1v) is 7.88. The van der Waals surface area contributed by atoms with Crippen molar-refractivity contribution < 1.29 is 19.1 Å². The third-order valence-electron chi connectivity index (χ3n) is 4.16. The van der Waals surface area contributed by atoms with E-state index in [1.54, 1.807) is 36.2 Å². The number of Topliss-reactive ketones (excluding diaryl/α,β-unsaturated/α-hetero) is 1. The van der Waals surface area contributed by atoms with Gasteiger partial charge in [-0.15, -0.1) is 0 Å². The number of hydrogen-bond acceptors (Lipinski definition) is 5. The number of ketones is 1. The van der Waals surface area contributed by atoms with E-state index in [1.165, 1.54) is 0 Å². The summed E-state index contributed by atoms with van der Waals surface area (Å²) in [5, 5.41) is 0. The number of allylic oxidation sites excluding steroid dienone is 1. The average Bonchev–Trinajstić information content (AvgIpc) is 2.62. The average molecular weight is 316 g/mol. The van der Waals surface area contributed by atoms with Crippen molar-refractivity contribution in [2.45, 2.75) is 19.8 Å². The van der Waals surface area contributed by atoms with Gasteiger partial charge in [-0.3, -0.25) is 14.6 Å². The monoisotopic (exact) mass is 316 g/mol. The highest BCUT2D eigenvalue weighted by Crippen LogP contribution is 2.23. The van der Waals surface area contributed by atoms with Gasteiger partial charge in [0, 0.05) is 25.2 Å². The van der Waals surface area contributed by atoms with E-state index in [0.29, 0.717) is 37.8 Å². The standard InChI is InChI=1S/C17H20N2O4/c1-12-16(23-10-9-22-12)17(21)19-8-4-5-13(11-19)15(20)14-6-2-3-7-18-14/h2-3,6-7,13H,4-5,8-11H2,1H3. The summed E-state index contributed by atoms with van der Waals surface area (Å²) >= 11 is 0. The van der Waals surface area contributed by atoms with E-state index in [0.717, 1.165) is 12.8 Å². The molecule has 3 rings (SSSR count). The molecule has 1 unspecified atom stereocenters. The normalized spacial score (nSPS) is 21.4. The van der Waals surface area contributed by atoms with Crippen LogP contribution in [-0.4, -0.2) is 47.9 Å². The molecule has 6 nitrogen and oxygen atoms in total. The van der Waals surface area contributed by atoms with Crippen molar-refractivity contribution in [2.75, 3.05) is 26.3 Å². The third kappa shape index (κ3) is 3.36. The van der Waals surface area contributed by atoms with Crippen LogP contribution in [0.25, 0.3) is 0 Å². The lowest BCUT2D eigenvalue weighted by molar-refractivity contribution is -0.134. The first-order chi connectivity index (χ1) is 11.2. The van der Waals surface area contributed by atoms with Gasteiger partial charge in [0.2, 0.25) is 5.76 Å². The van der Waals surface area contributed by atoms with Gasteiger partial charge in [0.15, 0.2) is 5.78 Å². The maximum Gasteiger partial charge on any atom is 0.292 e. The number of pyridine rings is 1. The Bertz CT molecular complexity index is 627. The lowest BCUT2D eigenvalue weighted by Crippen LogP contribution is -2.44. The van der Waals surface area contributed by atoms with Crippen LogP contribution in [0.4, 0.5) is 0 Å². The number of amides is 1. The lowest BCUT2D eigenvalue weighted by Gasteiger charge is -2.33. The second-order valence-electron chi connectivity index (χ2n) is 5.75. The Hall–Kier alpha value is -2.37. The second-order valence-corrected chi connectivity index (χ2v) is 5.75. The molecule has 1 aromatic rings. The van der Waals surface area contributed by atoms with E-state index < -0.39 is 0 Å². The molecule has 122 valence electrons. The number of rotatable bonds is 3. The molecule has 1 saturated heterocycles. The van der Waals surface area contributed by atoms with Crippen LogP contribution in [-0.2, 0) is 14.3 Å². The van der Waals surface area contributed by atoms with Crippen LogP contribution in [0.2, 0.25) is 0 Å². The fourth-order valence-electron chi connectivity index (χ4n) is 2.95. The number of hydrogen-bond donors (Lipinski definition) is 0. The van der Waals surface area contributed by atoms with Gasteiger partial charge in [0.25, 0.3) is 5.91 Å². The van der Waals surface area contributed by atoms with Crippen molar-refractivity contribution in [3.8, 4) is 0 Å². The lowest BCUT2D eigenvalue weighted by atomic mass is 9.91. The first-order valence-electron chi connectivity index (χ1n) is 7.88. The first kappa shape index (κ1) is 15.5. The van der Waals surface area contributed by atoms with Crippen LogP contribution < -0.4 is 0 Å². The summed E-state index contributed by atoms with van der Waals surface area (Å²) in [6, 6.07) is 5.30. The molecule has 23 heavy (non-hydrogen) atoms. The minimum absolute atomic E-state index is 0.00499. The molecule has 1 aromatic heterocycles. The summed E-state index contributed by atoms with van der Waals surface area (Å²) in [4.78, 5) is 30.9. The molecule has 0 bridgehead atoms. The zero-order valence-corrected chi connectivity index (χ0v) is 13.2. The van der Waals surface area contributed by atoms with Gasteiger partial charge >= 0.3 is 0 Å². The van der Waals surface area contributed by atoms with Crippen molar-refractivity contribution in [2.24, 2.45) is 5.92 Å². The SMILES string of the molecule is CC1=C(C(=O)N2CCCC(C(=O)c3ccccn3)C2)OCCO1. The molecule has 1 amide bonds. The van der Waals surface area contributed by atoms with Crippen molar-refractivity contribution in [1.82, 2.24) is 9.88 Å². The van der Waals surface area contributed by atoms with Crippen molar-refractivity contribution in [3.05, 3.63) is 41.6 Å². The van der Waals surface area contributed by atoms with E-state index in [9.17, 15) is 9.59 Å². The quantitative estimate of drug-likeness (QED) is 0.795. The topological polar surface area (TPSA) is 68.7 Å². The van der Waals surface area contributed by atoms with Gasteiger partial charge in [-0.25, -0.2) is 0 Å². The van der Waals surface area contributed by atoms with Gasteiger partial charge in [0.1, 0.15) is 24.7 Å². The highest BCUT2D eigenvalue weighted by atomic mass is 16.6. The highest BCUT2D eigenvalue weighted by molar-refractivity contribution is 5.97. The number of likely N-dealkylation sites (tertiary alicyclic amines) is 1. The largest absolute Gasteiger partial charge is 0.491 e. The number of carbonyl (C=O) groups is 2. The molecule has 0 N–H and O–H groups in total. The van der Waals surface area contributed by atoms with Gasteiger partial charge in [0.05, 0.1) is 0 Å². The summed E-state index contributed by atoms with van der Waals surface area (Å²) in [6.07, 6.45) is 3.18. The predicted octanol–water partition coefficient (Wildman–Crippen LogP) is 1.78. The number of piperidine rings is 1. The molecule has 6 heteroatoms. The molecule has 2 aliphatic heterocycles. The van der Waals surface area contributed by atoms with Crippen LogP contribution in [0, 0.1) is 5.92 Å². The maximum absolute atomic E-state index is 12.6. The molecule has 1 atom stereocenters. The molecular weight excluding hydrogens is 296 g/mol. The van der Waals surface area contributed by atoms with Crippen LogP contribution in [0.5, 0.6) is 0 Å². The fraction of sp³-hybridized carbons (Fsp3) is 0.471. The van der Waals surface area contributed by atoms with Gasteiger partial charge in [-0.1, -0.05) is 6.07 Å². The Balaban J connectivity index is 1.71. The highest BCUT2D eigenvalue weighted by Gasteiger charge is 2.32. The van der Waals surface area contributed by atoms with E-state index >= 15 is 0 Å². The Labute approximate surface area is 135 Å². The number of carbonyl (C=O) groups excluding carboxylic acids is 2. The van der Waals surface area contributed by atoms with Crippen LogP contribution in [0.1, 0.15) is 30.3 Å². The minimum Gasteiger partial charge on any atom is -0.491 e. The van der Waals surface area contributed by atoms with E-state index in [4.69, 9.17) is 9.47 Å². The molecule has 0 radical (unpaired) electrons. The van der Waals surface area contributed by atoms with Gasteiger partial charge in [-0.2, -0.15) is 0 Å². The molecule has 0 aliphatic carbocycles. The number of nitrogens with zero attached hydrogens (tertiary/aromatic N) is 2.